The summed E-state index contributed by atoms with van der Waals surface area (Å²) in [5.74, 6) is -0.175. The van der Waals surface area contributed by atoms with Gasteiger partial charge in [0.1, 0.15) is 10.7 Å². The van der Waals surface area contributed by atoms with E-state index in [1.807, 2.05) is 19.4 Å². The monoisotopic (exact) mass is 345 g/mol. The summed E-state index contributed by atoms with van der Waals surface area (Å²) in [7, 11) is 1.89. The van der Waals surface area contributed by atoms with E-state index in [0.29, 0.717) is 13.1 Å². The Labute approximate surface area is 144 Å². The van der Waals surface area contributed by atoms with Gasteiger partial charge in [-0.2, -0.15) is 5.10 Å². The lowest BCUT2D eigenvalue weighted by Gasteiger charge is -2.33. The van der Waals surface area contributed by atoms with Crippen LogP contribution < -0.4 is 0 Å². The SMILES string of the molecule is Cn1cc(CN2CCN(C(=O)/C=C/c3ccc([N+](=O)[O-])o3)CC2)cn1. The van der Waals surface area contributed by atoms with Crippen molar-refractivity contribution in [2.45, 2.75) is 6.54 Å². The zero-order chi connectivity index (χ0) is 17.8. The van der Waals surface area contributed by atoms with Crippen molar-refractivity contribution in [3.05, 3.63) is 52.0 Å². The van der Waals surface area contributed by atoms with Gasteiger partial charge in [0.15, 0.2) is 0 Å². The average Bonchev–Trinajstić information content (AvgIpc) is 3.22. The molecule has 1 fully saturated rings. The first-order valence-electron chi connectivity index (χ1n) is 7.92. The van der Waals surface area contributed by atoms with Crippen molar-refractivity contribution >= 4 is 17.9 Å². The van der Waals surface area contributed by atoms with Crippen LogP contribution in [0.1, 0.15) is 11.3 Å². The molecule has 1 aliphatic rings. The number of aromatic nitrogens is 2. The lowest BCUT2D eigenvalue weighted by molar-refractivity contribution is -0.402. The number of piperazine rings is 1. The second-order valence-corrected chi connectivity index (χ2v) is 5.89. The van der Waals surface area contributed by atoms with Crippen molar-refractivity contribution in [2.24, 2.45) is 7.05 Å². The molecule has 2 aromatic heterocycles. The van der Waals surface area contributed by atoms with Crippen LogP contribution in [-0.4, -0.2) is 56.6 Å². The first-order valence-corrected chi connectivity index (χ1v) is 7.92. The van der Waals surface area contributed by atoms with E-state index in [2.05, 4.69) is 10.00 Å². The number of rotatable bonds is 5. The standard InChI is InChI=1S/C16H19N5O4/c1-18-11-13(10-17-18)12-19-6-8-20(9-7-19)15(22)4-2-14-3-5-16(25-14)21(23)24/h2-5,10-11H,6-9,12H2,1H3/b4-2+. The van der Waals surface area contributed by atoms with Gasteiger partial charge < -0.3 is 9.32 Å². The van der Waals surface area contributed by atoms with Gasteiger partial charge in [-0.3, -0.25) is 24.5 Å². The maximum atomic E-state index is 12.2. The molecule has 3 heterocycles. The summed E-state index contributed by atoms with van der Waals surface area (Å²) in [5.41, 5.74) is 1.15. The third kappa shape index (κ3) is 4.32. The molecular weight excluding hydrogens is 326 g/mol. The Morgan fingerprint density at radius 1 is 1.36 bits per heavy atom. The molecule has 0 bridgehead atoms. The minimum Gasteiger partial charge on any atom is -0.401 e. The number of furan rings is 1. The van der Waals surface area contributed by atoms with Crippen LogP contribution in [0, 0.1) is 10.1 Å². The van der Waals surface area contributed by atoms with Crippen LogP contribution in [0.25, 0.3) is 6.08 Å². The van der Waals surface area contributed by atoms with E-state index in [-0.39, 0.29) is 17.6 Å². The normalized spacial score (nSPS) is 15.8. The van der Waals surface area contributed by atoms with Gasteiger partial charge in [-0.15, -0.1) is 0 Å². The Balaban J connectivity index is 1.49. The van der Waals surface area contributed by atoms with Gasteiger partial charge in [0.25, 0.3) is 0 Å². The first-order chi connectivity index (χ1) is 12.0. The van der Waals surface area contributed by atoms with E-state index in [0.717, 1.165) is 25.2 Å². The molecule has 0 atom stereocenters. The number of carbonyl (C=O) groups is 1. The van der Waals surface area contributed by atoms with E-state index in [1.54, 1.807) is 9.58 Å². The van der Waals surface area contributed by atoms with Crippen LogP contribution in [0.3, 0.4) is 0 Å². The zero-order valence-corrected chi connectivity index (χ0v) is 13.9. The van der Waals surface area contributed by atoms with E-state index in [1.165, 1.54) is 24.3 Å². The number of aryl methyl sites for hydroxylation is 1. The fourth-order valence-electron chi connectivity index (χ4n) is 2.73. The molecule has 0 aliphatic carbocycles. The maximum absolute atomic E-state index is 12.2. The fraction of sp³-hybridized carbons (Fsp3) is 0.375. The molecule has 0 aromatic carbocycles. The largest absolute Gasteiger partial charge is 0.433 e. The summed E-state index contributed by atoms with van der Waals surface area (Å²) in [4.78, 5) is 26.2. The van der Waals surface area contributed by atoms with Crippen LogP contribution in [0.2, 0.25) is 0 Å². The number of nitro groups is 1. The molecule has 9 heteroatoms. The van der Waals surface area contributed by atoms with Gasteiger partial charge in [0, 0.05) is 57.6 Å². The van der Waals surface area contributed by atoms with Crippen LogP contribution >= 0.6 is 0 Å². The van der Waals surface area contributed by atoms with Gasteiger partial charge in [-0.05, 0) is 12.1 Å². The van der Waals surface area contributed by atoms with E-state index in [4.69, 9.17) is 4.42 Å². The molecule has 0 saturated carbocycles. The molecule has 9 nitrogen and oxygen atoms in total. The molecule has 0 spiro atoms. The highest BCUT2D eigenvalue weighted by molar-refractivity contribution is 5.91. The van der Waals surface area contributed by atoms with Crippen LogP contribution in [0.4, 0.5) is 5.88 Å². The van der Waals surface area contributed by atoms with E-state index >= 15 is 0 Å². The van der Waals surface area contributed by atoms with Crippen molar-refractivity contribution < 1.29 is 14.1 Å². The highest BCUT2D eigenvalue weighted by Gasteiger charge is 2.20. The van der Waals surface area contributed by atoms with Crippen molar-refractivity contribution in [1.82, 2.24) is 19.6 Å². The number of amides is 1. The number of hydrogen-bond acceptors (Lipinski definition) is 6. The van der Waals surface area contributed by atoms with Crippen LogP contribution in [0.15, 0.2) is 35.0 Å². The molecule has 0 N–H and O–H groups in total. The minimum atomic E-state index is -0.610. The summed E-state index contributed by atoms with van der Waals surface area (Å²) >= 11 is 0. The molecule has 3 rings (SSSR count). The molecule has 1 saturated heterocycles. The smallest absolute Gasteiger partial charge is 0.401 e. The second kappa shape index (κ2) is 7.31. The molecule has 132 valence electrons. The van der Waals surface area contributed by atoms with Gasteiger partial charge in [-0.25, -0.2) is 0 Å². The zero-order valence-electron chi connectivity index (χ0n) is 13.9. The predicted octanol–water partition coefficient (Wildman–Crippen LogP) is 1.28. The Bertz CT molecular complexity index is 786. The summed E-state index contributed by atoms with van der Waals surface area (Å²) in [6.45, 7) is 3.69. The van der Waals surface area contributed by atoms with Crippen molar-refractivity contribution in [1.29, 1.82) is 0 Å². The summed E-state index contributed by atoms with van der Waals surface area (Å²) in [6, 6.07) is 2.73. The van der Waals surface area contributed by atoms with Crippen LogP contribution in [-0.2, 0) is 18.4 Å². The minimum absolute atomic E-state index is 0.125. The molecule has 0 radical (unpaired) electrons. The average molecular weight is 345 g/mol. The summed E-state index contributed by atoms with van der Waals surface area (Å²) < 4.78 is 6.77. The molecule has 1 amide bonds. The number of nitrogens with zero attached hydrogens (tertiary/aromatic N) is 5. The Morgan fingerprint density at radius 3 is 2.72 bits per heavy atom. The third-order valence-corrected chi connectivity index (χ3v) is 4.03. The second-order valence-electron chi connectivity index (χ2n) is 5.89. The molecule has 0 unspecified atom stereocenters. The van der Waals surface area contributed by atoms with Crippen molar-refractivity contribution in [2.75, 3.05) is 26.2 Å². The predicted molar refractivity (Wildman–Crippen MR) is 89.5 cm³/mol. The van der Waals surface area contributed by atoms with Crippen molar-refractivity contribution in [3.63, 3.8) is 0 Å². The summed E-state index contributed by atoms with van der Waals surface area (Å²) in [5, 5.41) is 14.7. The van der Waals surface area contributed by atoms with Crippen molar-refractivity contribution in [3.8, 4) is 0 Å². The fourth-order valence-corrected chi connectivity index (χ4v) is 2.73. The topological polar surface area (TPSA) is 97.7 Å². The first kappa shape index (κ1) is 16.9. The maximum Gasteiger partial charge on any atom is 0.433 e. The highest BCUT2D eigenvalue weighted by atomic mass is 16.6. The van der Waals surface area contributed by atoms with Gasteiger partial charge in [0.2, 0.25) is 5.91 Å². The lowest BCUT2D eigenvalue weighted by atomic mass is 10.2. The summed E-state index contributed by atoms with van der Waals surface area (Å²) in [6.07, 6.45) is 6.68. The third-order valence-electron chi connectivity index (χ3n) is 4.03. The van der Waals surface area contributed by atoms with Crippen LogP contribution in [0.5, 0.6) is 0 Å². The van der Waals surface area contributed by atoms with Gasteiger partial charge in [-0.1, -0.05) is 0 Å². The Kier molecular flexibility index (Phi) is 4.94. The van der Waals surface area contributed by atoms with Gasteiger partial charge >= 0.3 is 5.88 Å². The number of carbonyl (C=O) groups excluding carboxylic acids is 1. The Hall–Kier alpha value is -2.94. The Morgan fingerprint density at radius 2 is 2.12 bits per heavy atom. The molecule has 1 aliphatic heterocycles. The highest BCUT2D eigenvalue weighted by Crippen LogP contribution is 2.17. The van der Waals surface area contributed by atoms with E-state index in [9.17, 15) is 14.9 Å². The quantitative estimate of drug-likeness (QED) is 0.460. The molecule has 25 heavy (non-hydrogen) atoms. The molecular formula is C16H19N5O4. The van der Waals surface area contributed by atoms with E-state index < -0.39 is 4.92 Å². The lowest BCUT2D eigenvalue weighted by Crippen LogP contribution is -2.47. The van der Waals surface area contributed by atoms with Gasteiger partial charge in [0.05, 0.1) is 12.3 Å². The molecule has 2 aromatic rings. The number of hydrogen-bond donors (Lipinski definition) is 0.